The van der Waals surface area contributed by atoms with Gasteiger partial charge in [-0.3, -0.25) is 14.4 Å². The predicted octanol–water partition coefficient (Wildman–Crippen LogP) is 3.94. The van der Waals surface area contributed by atoms with E-state index in [0.717, 1.165) is 37.1 Å². The van der Waals surface area contributed by atoms with Crippen LogP contribution in [-0.2, 0) is 4.79 Å². The number of carbonyl (C=O) groups is 3. The van der Waals surface area contributed by atoms with Gasteiger partial charge in [0.15, 0.2) is 0 Å². The number of likely N-dealkylation sites (N-methyl/N-ethyl adjacent to an activating group) is 1. The number of pyridine rings is 1. The standard InChI is InChI=1S/C33H39N5O5/c1-5-34-33(41)30(21-9-14-26(42-3)15-10-21)37-31(39)22-11-16-29(35-19-22)38-24-12-13-25(38)18-23(17-24)36-32(40)27-7-6-8-28(43-4)20(27)2/h6-11,14-16,19,23-25,30H,5,12-13,17-18H2,1-4H3,(H,34,41)(H,36,40)(H,37,39)/t23?,24-,25+,30-/m0/s1. The van der Waals surface area contributed by atoms with Gasteiger partial charge in [-0.25, -0.2) is 4.98 Å². The summed E-state index contributed by atoms with van der Waals surface area (Å²) >= 11 is 0. The molecule has 226 valence electrons. The average Bonchev–Trinajstić information content (AvgIpc) is 3.29. The summed E-state index contributed by atoms with van der Waals surface area (Å²) in [5.41, 5.74) is 2.48. The molecule has 3 amide bonds. The van der Waals surface area contributed by atoms with Crippen molar-refractivity contribution in [2.75, 3.05) is 25.7 Å². The molecular formula is C33H39N5O5. The third kappa shape index (κ3) is 6.43. The number of aromatic nitrogens is 1. The molecule has 2 saturated heterocycles. The van der Waals surface area contributed by atoms with E-state index >= 15 is 0 Å². The maximum Gasteiger partial charge on any atom is 0.253 e. The number of nitrogens with one attached hydrogen (secondary N) is 3. The van der Waals surface area contributed by atoms with Crippen LogP contribution in [0.3, 0.4) is 0 Å². The molecule has 3 heterocycles. The first-order valence-corrected chi connectivity index (χ1v) is 14.7. The molecule has 5 rings (SSSR count). The van der Waals surface area contributed by atoms with E-state index in [1.807, 2.05) is 38.1 Å². The number of hydrogen-bond donors (Lipinski definition) is 3. The highest BCUT2D eigenvalue weighted by Gasteiger charge is 2.42. The first kappa shape index (κ1) is 29.9. The Morgan fingerprint density at radius 1 is 0.953 bits per heavy atom. The van der Waals surface area contributed by atoms with Crippen molar-refractivity contribution >= 4 is 23.5 Å². The summed E-state index contributed by atoms with van der Waals surface area (Å²) in [6, 6.07) is 15.9. The molecule has 2 bridgehead atoms. The molecule has 1 aromatic heterocycles. The second-order valence-electron chi connectivity index (χ2n) is 11.0. The zero-order chi connectivity index (χ0) is 30.5. The van der Waals surface area contributed by atoms with Crippen LogP contribution in [0, 0.1) is 6.92 Å². The number of fused-ring (bicyclic) bond motifs is 2. The summed E-state index contributed by atoms with van der Waals surface area (Å²) < 4.78 is 10.6. The third-order valence-corrected chi connectivity index (χ3v) is 8.43. The highest BCUT2D eigenvalue weighted by molar-refractivity contribution is 5.98. The highest BCUT2D eigenvalue weighted by atomic mass is 16.5. The van der Waals surface area contributed by atoms with Crippen LogP contribution >= 0.6 is 0 Å². The van der Waals surface area contributed by atoms with Crippen molar-refractivity contribution in [2.24, 2.45) is 0 Å². The van der Waals surface area contributed by atoms with Crippen molar-refractivity contribution in [3.05, 3.63) is 83.0 Å². The van der Waals surface area contributed by atoms with Gasteiger partial charge >= 0.3 is 0 Å². The minimum Gasteiger partial charge on any atom is -0.497 e. The summed E-state index contributed by atoms with van der Waals surface area (Å²) in [5, 5.41) is 8.89. The number of hydrogen-bond acceptors (Lipinski definition) is 7. The van der Waals surface area contributed by atoms with Crippen LogP contribution in [0.2, 0.25) is 0 Å². The second kappa shape index (κ2) is 13.1. The van der Waals surface area contributed by atoms with Crippen LogP contribution in [0.1, 0.15) is 70.5 Å². The Labute approximate surface area is 252 Å². The molecule has 3 aromatic rings. The number of piperidine rings is 1. The van der Waals surface area contributed by atoms with Crippen LogP contribution in [0.5, 0.6) is 11.5 Å². The van der Waals surface area contributed by atoms with Crippen molar-refractivity contribution in [1.29, 1.82) is 0 Å². The van der Waals surface area contributed by atoms with Crippen LogP contribution < -0.4 is 30.3 Å². The molecular weight excluding hydrogens is 546 g/mol. The van der Waals surface area contributed by atoms with E-state index in [2.05, 4.69) is 25.8 Å². The molecule has 10 nitrogen and oxygen atoms in total. The number of methoxy groups -OCH3 is 2. The molecule has 0 spiro atoms. The van der Waals surface area contributed by atoms with Gasteiger partial charge in [-0.05, 0) is 81.5 Å². The average molecular weight is 586 g/mol. The maximum absolute atomic E-state index is 13.2. The van der Waals surface area contributed by atoms with Crippen molar-refractivity contribution in [2.45, 2.75) is 63.7 Å². The van der Waals surface area contributed by atoms with Crippen LogP contribution in [-0.4, -0.2) is 61.6 Å². The summed E-state index contributed by atoms with van der Waals surface area (Å²) in [5.74, 6) is 1.42. The minimum absolute atomic E-state index is 0.0704. The lowest BCUT2D eigenvalue weighted by molar-refractivity contribution is -0.123. The third-order valence-electron chi connectivity index (χ3n) is 8.43. The molecule has 10 heteroatoms. The van der Waals surface area contributed by atoms with E-state index in [-0.39, 0.29) is 35.8 Å². The van der Waals surface area contributed by atoms with Crippen LogP contribution in [0.15, 0.2) is 60.8 Å². The van der Waals surface area contributed by atoms with Gasteiger partial charge in [0, 0.05) is 42.0 Å². The number of benzene rings is 2. The lowest BCUT2D eigenvalue weighted by Gasteiger charge is -2.40. The lowest BCUT2D eigenvalue weighted by Crippen LogP contribution is -2.50. The van der Waals surface area contributed by atoms with E-state index in [1.54, 1.807) is 50.7 Å². The number of rotatable bonds is 10. The molecule has 4 atom stereocenters. The van der Waals surface area contributed by atoms with Gasteiger partial charge in [-0.2, -0.15) is 0 Å². The van der Waals surface area contributed by atoms with Crippen LogP contribution in [0.4, 0.5) is 5.82 Å². The quantitative estimate of drug-likeness (QED) is 0.330. The zero-order valence-corrected chi connectivity index (χ0v) is 25.1. The molecule has 2 fully saturated rings. The van der Waals surface area contributed by atoms with E-state index < -0.39 is 6.04 Å². The Morgan fingerprint density at radius 2 is 1.67 bits per heavy atom. The Kier molecular flexibility index (Phi) is 9.13. The van der Waals surface area contributed by atoms with E-state index in [9.17, 15) is 14.4 Å². The number of anilines is 1. The fourth-order valence-corrected chi connectivity index (χ4v) is 6.27. The molecule has 2 aliphatic rings. The van der Waals surface area contributed by atoms with Crippen molar-refractivity contribution in [3.8, 4) is 11.5 Å². The summed E-state index contributed by atoms with van der Waals surface area (Å²) in [6.45, 7) is 4.18. The number of nitrogens with zero attached hydrogens (tertiary/aromatic N) is 2. The van der Waals surface area contributed by atoms with Gasteiger partial charge in [0.2, 0.25) is 5.91 Å². The number of amides is 3. The fraction of sp³-hybridized carbons (Fsp3) is 0.394. The van der Waals surface area contributed by atoms with E-state index in [0.29, 0.717) is 34.7 Å². The first-order chi connectivity index (χ1) is 20.8. The normalized spacial score (nSPS) is 19.7. The van der Waals surface area contributed by atoms with Crippen LogP contribution in [0.25, 0.3) is 0 Å². The molecule has 2 aliphatic heterocycles. The Balaban J connectivity index is 1.24. The predicted molar refractivity (Wildman–Crippen MR) is 164 cm³/mol. The van der Waals surface area contributed by atoms with Gasteiger partial charge in [0.25, 0.3) is 11.8 Å². The smallest absolute Gasteiger partial charge is 0.253 e. The molecule has 0 saturated carbocycles. The van der Waals surface area contributed by atoms with E-state index in [1.165, 1.54) is 0 Å². The summed E-state index contributed by atoms with van der Waals surface area (Å²) in [6.07, 6.45) is 5.26. The number of ether oxygens (including phenoxy) is 2. The van der Waals surface area contributed by atoms with Gasteiger partial charge < -0.3 is 30.3 Å². The summed E-state index contributed by atoms with van der Waals surface area (Å²) in [4.78, 5) is 46.1. The van der Waals surface area contributed by atoms with E-state index in [4.69, 9.17) is 9.47 Å². The second-order valence-corrected chi connectivity index (χ2v) is 11.0. The monoisotopic (exact) mass is 585 g/mol. The topological polar surface area (TPSA) is 122 Å². The Morgan fingerprint density at radius 3 is 2.28 bits per heavy atom. The fourth-order valence-electron chi connectivity index (χ4n) is 6.27. The molecule has 0 aliphatic carbocycles. The first-order valence-electron chi connectivity index (χ1n) is 14.7. The molecule has 2 aromatic carbocycles. The Hall–Kier alpha value is -4.60. The lowest BCUT2D eigenvalue weighted by atomic mass is 9.96. The van der Waals surface area contributed by atoms with Gasteiger partial charge in [0.05, 0.1) is 19.8 Å². The SMILES string of the molecule is CCNC(=O)[C@@H](NC(=O)c1ccc(N2[C@@H]3CC[C@H]2CC(NC(=O)c2cccc(OC)c2C)C3)nc1)c1ccc(OC)cc1. The molecule has 3 N–H and O–H groups in total. The molecule has 43 heavy (non-hydrogen) atoms. The number of carbonyl (C=O) groups excluding carboxylic acids is 3. The van der Waals surface area contributed by atoms with Gasteiger partial charge in [-0.15, -0.1) is 0 Å². The van der Waals surface area contributed by atoms with Gasteiger partial charge in [-0.1, -0.05) is 18.2 Å². The highest BCUT2D eigenvalue weighted by Crippen LogP contribution is 2.38. The zero-order valence-electron chi connectivity index (χ0n) is 25.1. The molecule has 1 unspecified atom stereocenters. The van der Waals surface area contributed by atoms with Crippen molar-refractivity contribution in [3.63, 3.8) is 0 Å². The minimum atomic E-state index is -0.858. The summed E-state index contributed by atoms with van der Waals surface area (Å²) in [7, 11) is 3.18. The Bertz CT molecular complexity index is 1450. The van der Waals surface area contributed by atoms with Gasteiger partial charge in [0.1, 0.15) is 23.4 Å². The maximum atomic E-state index is 13.2. The van der Waals surface area contributed by atoms with Crippen molar-refractivity contribution < 1.29 is 23.9 Å². The van der Waals surface area contributed by atoms with Crippen molar-refractivity contribution in [1.82, 2.24) is 20.9 Å². The molecule has 0 radical (unpaired) electrons. The largest absolute Gasteiger partial charge is 0.497 e.